The molecule has 22 N–H and O–H groups in total. The number of carboxylic acid groups (broad SMARTS) is 2. The molecule has 10 amide bonds. The van der Waals surface area contributed by atoms with Crippen LogP contribution in [-0.2, 0) is 57.5 Å². The van der Waals surface area contributed by atoms with Crippen LogP contribution in [0.5, 0.6) is 0 Å². The number of guanidine groups is 1. The quantitative estimate of drug-likeness (QED) is 0.0155. The lowest BCUT2D eigenvalue weighted by atomic mass is 9.96. The van der Waals surface area contributed by atoms with Crippen LogP contribution >= 0.6 is 0 Å². The molecule has 77 heavy (non-hydrogen) atoms. The number of nitrogens with zero attached hydrogens (tertiary/aromatic N) is 1. The lowest BCUT2D eigenvalue weighted by Crippen LogP contribution is -2.60. The average Bonchev–Trinajstić information content (AvgIpc) is 3.36. The molecule has 11 atom stereocenters. The highest BCUT2D eigenvalue weighted by Crippen LogP contribution is 2.13. The van der Waals surface area contributed by atoms with Gasteiger partial charge in [-0.15, -0.1) is 0 Å². The fourth-order valence-corrected chi connectivity index (χ4v) is 7.12. The lowest BCUT2D eigenvalue weighted by Gasteiger charge is -2.28. The molecule has 30 nitrogen and oxygen atoms in total. The van der Waals surface area contributed by atoms with E-state index in [9.17, 15) is 72.9 Å². The summed E-state index contributed by atoms with van der Waals surface area (Å²) >= 11 is 0. The number of nitrogens with one attached hydrogen (secondary N) is 9. The molecule has 0 aromatic rings. The van der Waals surface area contributed by atoms with Gasteiger partial charge in [0.05, 0.1) is 19.2 Å². The summed E-state index contributed by atoms with van der Waals surface area (Å²) in [5.41, 5.74) is 27.7. The van der Waals surface area contributed by atoms with Crippen LogP contribution in [0.2, 0.25) is 0 Å². The minimum absolute atomic E-state index is 0.103. The van der Waals surface area contributed by atoms with Gasteiger partial charge in [0.15, 0.2) is 5.96 Å². The molecule has 0 bridgehead atoms. The molecular formula is C47H85N15O15. The third kappa shape index (κ3) is 27.4. The highest BCUT2D eigenvalue weighted by Gasteiger charge is 2.36. The van der Waals surface area contributed by atoms with Gasteiger partial charge in [0, 0.05) is 19.4 Å². The molecule has 438 valence electrons. The molecule has 0 radical (unpaired) electrons. The number of hydrogen-bond donors (Lipinski definition) is 17. The number of nitrogens with two attached hydrogens (primary N) is 5. The van der Waals surface area contributed by atoms with Crippen LogP contribution in [0.15, 0.2) is 4.99 Å². The third-order valence-electron chi connectivity index (χ3n) is 12.3. The van der Waals surface area contributed by atoms with E-state index in [0.29, 0.717) is 25.7 Å². The monoisotopic (exact) mass is 1100 g/mol. The molecule has 0 aromatic carbocycles. The predicted molar refractivity (Wildman–Crippen MR) is 279 cm³/mol. The molecule has 0 aliphatic heterocycles. The van der Waals surface area contributed by atoms with Crippen LogP contribution in [0.1, 0.15) is 119 Å². The summed E-state index contributed by atoms with van der Waals surface area (Å²) in [6, 6.07) is -12.5. The Morgan fingerprint density at radius 3 is 1.47 bits per heavy atom. The summed E-state index contributed by atoms with van der Waals surface area (Å²) in [5.74, 6) is -13.6. The maximum atomic E-state index is 13.8. The van der Waals surface area contributed by atoms with E-state index in [1.807, 2.05) is 0 Å². The molecule has 0 aliphatic rings. The van der Waals surface area contributed by atoms with E-state index in [0.717, 1.165) is 0 Å². The zero-order valence-electron chi connectivity index (χ0n) is 45.1. The van der Waals surface area contributed by atoms with Crippen molar-refractivity contribution < 1.29 is 72.9 Å². The Morgan fingerprint density at radius 2 is 0.987 bits per heavy atom. The van der Waals surface area contributed by atoms with Crippen LogP contribution in [-0.4, -0.2) is 173 Å². The Bertz CT molecular complexity index is 2040. The molecular weight excluding hydrogens is 1010 g/mol. The number of carbonyl (C=O) groups excluding carboxylic acids is 10. The first-order chi connectivity index (χ1) is 36.0. The van der Waals surface area contributed by atoms with E-state index in [-0.39, 0.29) is 38.3 Å². The van der Waals surface area contributed by atoms with Crippen molar-refractivity contribution in [2.45, 2.75) is 173 Å². The fraction of sp³-hybridized carbons (Fsp3) is 0.723. The van der Waals surface area contributed by atoms with E-state index < -0.39 is 182 Å². The number of primary amides is 1. The van der Waals surface area contributed by atoms with Gasteiger partial charge in [-0.25, -0.2) is 4.79 Å². The van der Waals surface area contributed by atoms with Crippen LogP contribution < -0.4 is 76.5 Å². The van der Waals surface area contributed by atoms with Gasteiger partial charge in [0.1, 0.15) is 48.3 Å². The normalized spacial score (nSPS) is 15.3. The number of aliphatic hydroxyl groups excluding tert-OH is 1. The second-order valence-electron chi connectivity index (χ2n) is 19.0. The van der Waals surface area contributed by atoms with E-state index in [1.165, 1.54) is 20.8 Å². The molecule has 30 heteroatoms. The van der Waals surface area contributed by atoms with Crippen LogP contribution in [0.3, 0.4) is 0 Å². The van der Waals surface area contributed by atoms with Crippen LogP contribution in [0, 0.1) is 17.8 Å². The topological polar surface area (TPSA) is 516 Å². The maximum Gasteiger partial charge on any atom is 0.326 e. The molecule has 0 fully saturated rings. The minimum atomic E-state index is -1.84. The average molecular weight is 1100 g/mol. The zero-order chi connectivity index (χ0) is 59.1. The highest BCUT2D eigenvalue weighted by atomic mass is 16.4. The number of aliphatic carboxylic acids is 2. The molecule has 0 aromatic heterocycles. The van der Waals surface area contributed by atoms with Crippen LogP contribution in [0.25, 0.3) is 0 Å². The molecule has 0 saturated carbocycles. The number of unbranched alkanes of at least 4 members (excludes halogenated alkanes) is 1. The van der Waals surface area contributed by atoms with Gasteiger partial charge in [-0.3, -0.25) is 57.7 Å². The van der Waals surface area contributed by atoms with Gasteiger partial charge in [-0.1, -0.05) is 54.4 Å². The van der Waals surface area contributed by atoms with Gasteiger partial charge >= 0.3 is 11.9 Å². The summed E-state index contributed by atoms with van der Waals surface area (Å²) in [7, 11) is 0. The zero-order valence-corrected chi connectivity index (χ0v) is 45.1. The smallest absolute Gasteiger partial charge is 0.326 e. The van der Waals surface area contributed by atoms with Crippen molar-refractivity contribution in [1.29, 1.82) is 0 Å². The SMILES string of the molecule is CC[C@H](C)[C@H](NC(=O)CNC(=O)[C@H](C)NC(=O)[C@H](CCCCN)NC(=O)[C@@H](NC(=O)[C@@H](N)CCCN=C(N)N)[C@@H](C)CC)C(=O)N[C@@H](CCC(N)=O)C(=O)N[C@@H](CO)C(=O)N[C@@H](CCC(=O)O)C(=O)N[C@H](C(=O)O)C(C)C. The predicted octanol–water partition coefficient (Wildman–Crippen LogP) is -5.53. The Balaban J connectivity index is 6.11. The molecule has 0 rings (SSSR count). The second kappa shape index (κ2) is 36.7. The van der Waals surface area contributed by atoms with Crippen molar-refractivity contribution in [1.82, 2.24) is 47.9 Å². The number of carbonyl (C=O) groups is 12. The van der Waals surface area contributed by atoms with Crippen molar-refractivity contribution in [3.8, 4) is 0 Å². The van der Waals surface area contributed by atoms with Crippen molar-refractivity contribution in [3.63, 3.8) is 0 Å². The summed E-state index contributed by atoms with van der Waals surface area (Å²) in [5, 5.41) is 50.6. The first-order valence-corrected chi connectivity index (χ1v) is 25.6. The number of carboxylic acids is 2. The van der Waals surface area contributed by atoms with Gasteiger partial charge in [0.25, 0.3) is 0 Å². The Morgan fingerprint density at radius 1 is 0.519 bits per heavy atom. The second-order valence-corrected chi connectivity index (χ2v) is 19.0. The van der Waals surface area contributed by atoms with Crippen LogP contribution in [0.4, 0.5) is 0 Å². The molecule has 0 spiro atoms. The molecule has 0 heterocycles. The van der Waals surface area contributed by atoms with Gasteiger partial charge in [-0.2, -0.15) is 0 Å². The maximum absolute atomic E-state index is 13.8. The first kappa shape index (κ1) is 69.8. The fourth-order valence-electron chi connectivity index (χ4n) is 7.12. The minimum Gasteiger partial charge on any atom is -0.481 e. The van der Waals surface area contributed by atoms with Crippen molar-refractivity contribution in [2.24, 2.45) is 51.4 Å². The number of aliphatic hydroxyl groups is 1. The highest BCUT2D eigenvalue weighted by molar-refractivity contribution is 5.98. The number of amides is 10. The van der Waals surface area contributed by atoms with Crippen molar-refractivity contribution in [2.75, 3.05) is 26.2 Å². The molecule has 0 aliphatic carbocycles. The Kier molecular flexibility index (Phi) is 33.3. The summed E-state index contributed by atoms with van der Waals surface area (Å²) < 4.78 is 0. The van der Waals surface area contributed by atoms with Crippen molar-refractivity contribution >= 4 is 77.0 Å². The third-order valence-corrected chi connectivity index (χ3v) is 12.3. The van der Waals surface area contributed by atoms with E-state index >= 15 is 0 Å². The number of rotatable bonds is 39. The van der Waals surface area contributed by atoms with E-state index in [2.05, 4.69) is 52.8 Å². The lowest BCUT2D eigenvalue weighted by molar-refractivity contribution is -0.144. The Hall–Kier alpha value is -7.21. The summed E-state index contributed by atoms with van der Waals surface area (Å²) in [4.78, 5) is 159. The molecule has 0 unspecified atom stereocenters. The van der Waals surface area contributed by atoms with Gasteiger partial charge in [-0.05, 0) is 76.2 Å². The largest absolute Gasteiger partial charge is 0.481 e. The number of hydrogen-bond acceptors (Lipinski definition) is 16. The molecule has 0 saturated heterocycles. The van der Waals surface area contributed by atoms with E-state index in [4.69, 9.17) is 28.7 Å². The van der Waals surface area contributed by atoms with Gasteiger partial charge in [0.2, 0.25) is 59.1 Å². The first-order valence-electron chi connectivity index (χ1n) is 25.6. The van der Waals surface area contributed by atoms with Crippen molar-refractivity contribution in [3.05, 3.63) is 0 Å². The van der Waals surface area contributed by atoms with Gasteiger partial charge < -0.3 is 91.8 Å². The summed E-state index contributed by atoms with van der Waals surface area (Å²) in [6.45, 7) is 9.81. The standard InChI is InChI=1S/C47H85N15O15/c1-8-24(5)36(44(74)58-29(15-17-32(50)64)41(71)59-31(22-63)43(73)56-30(16-18-34(66)67)42(72)61-35(23(3)4)46(76)77)60-33(65)21-54-38(68)26(7)55-40(70)28(14-10-11-19-48)57-45(75)37(25(6)9-2)62-39(69)27(49)13-12-20-53-47(51)52/h23-31,35-37,63H,8-22,48-49H2,1-7H3,(H2,50,64)(H,54,68)(H,55,70)(H,56,73)(H,57,75)(H,58,74)(H,59,71)(H,60,65)(H,61,72)(H,62,69)(H,66,67)(H,76,77)(H4,51,52,53)/t24-,25-,26-,27-,28-,29-,30-,31-,35-,36-,37-/m0/s1. The van der Waals surface area contributed by atoms with E-state index in [1.54, 1.807) is 27.7 Å². The number of aliphatic imine (C=N–C) groups is 1. The summed E-state index contributed by atoms with van der Waals surface area (Å²) in [6.07, 6.45) is 0.232. The Labute approximate surface area is 447 Å².